The molecule has 2 amide bonds. The minimum atomic E-state index is -0.0568. The van der Waals surface area contributed by atoms with E-state index in [0.29, 0.717) is 5.02 Å². The molecule has 2 rings (SSSR count). The van der Waals surface area contributed by atoms with Crippen LogP contribution in [0.25, 0.3) is 0 Å². The van der Waals surface area contributed by atoms with E-state index in [-0.39, 0.29) is 6.03 Å². The average molecular weight is 268 g/mol. The predicted octanol–water partition coefficient (Wildman–Crippen LogP) is 2.48. The fourth-order valence-corrected chi connectivity index (χ4v) is 2.10. The molecule has 1 fully saturated rings. The van der Waals surface area contributed by atoms with E-state index in [1.807, 2.05) is 24.0 Å². The molecule has 0 saturated carbocycles. The molecule has 2 N–H and O–H groups in total. The highest BCUT2D eigenvalue weighted by Crippen LogP contribution is 2.20. The Balaban J connectivity index is 1.99. The van der Waals surface area contributed by atoms with Gasteiger partial charge in [-0.3, -0.25) is 0 Å². The minimum absolute atomic E-state index is 0.0568. The molecule has 18 heavy (non-hydrogen) atoms. The summed E-state index contributed by atoms with van der Waals surface area (Å²) in [6.45, 7) is 5.29. The molecule has 0 atom stereocenters. The third kappa shape index (κ3) is 3.37. The van der Waals surface area contributed by atoms with E-state index < -0.39 is 0 Å². The zero-order valence-electron chi connectivity index (χ0n) is 10.5. The van der Waals surface area contributed by atoms with Crippen molar-refractivity contribution in [2.75, 3.05) is 31.5 Å². The molecule has 0 unspecified atom stereocenters. The van der Waals surface area contributed by atoms with Gasteiger partial charge in [0.15, 0.2) is 0 Å². The molecule has 5 heteroatoms. The molecule has 0 aliphatic carbocycles. The molecular weight excluding hydrogens is 250 g/mol. The van der Waals surface area contributed by atoms with E-state index in [1.165, 1.54) is 0 Å². The Hall–Kier alpha value is -1.26. The highest BCUT2D eigenvalue weighted by molar-refractivity contribution is 6.31. The number of nitrogens with zero attached hydrogens (tertiary/aromatic N) is 1. The van der Waals surface area contributed by atoms with Gasteiger partial charge in [0.1, 0.15) is 0 Å². The van der Waals surface area contributed by atoms with Gasteiger partial charge in [-0.25, -0.2) is 4.79 Å². The smallest absolute Gasteiger partial charge is 0.321 e. The van der Waals surface area contributed by atoms with Crippen molar-refractivity contribution >= 4 is 23.3 Å². The summed E-state index contributed by atoms with van der Waals surface area (Å²) in [5, 5.41) is 6.82. The van der Waals surface area contributed by atoms with Crippen molar-refractivity contribution in [1.82, 2.24) is 10.2 Å². The van der Waals surface area contributed by atoms with Crippen LogP contribution in [0.4, 0.5) is 10.5 Å². The maximum Gasteiger partial charge on any atom is 0.321 e. The zero-order chi connectivity index (χ0) is 13.0. The molecule has 1 aliphatic rings. The number of benzene rings is 1. The lowest BCUT2D eigenvalue weighted by molar-refractivity contribution is 0.215. The topological polar surface area (TPSA) is 44.4 Å². The number of rotatable bonds is 1. The second kappa shape index (κ2) is 6.07. The normalized spacial score (nSPS) is 16.2. The van der Waals surface area contributed by atoms with Crippen LogP contribution in [0.1, 0.15) is 12.0 Å². The van der Waals surface area contributed by atoms with Crippen molar-refractivity contribution in [3.63, 3.8) is 0 Å². The van der Waals surface area contributed by atoms with Gasteiger partial charge in [0.05, 0.1) is 0 Å². The second-order valence-electron chi connectivity index (χ2n) is 4.48. The molecular formula is C13H18ClN3O. The van der Waals surface area contributed by atoms with E-state index in [2.05, 4.69) is 10.6 Å². The Morgan fingerprint density at radius 1 is 1.39 bits per heavy atom. The van der Waals surface area contributed by atoms with Crippen LogP contribution >= 0.6 is 11.6 Å². The van der Waals surface area contributed by atoms with Crippen LogP contribution in [0.2, 0.25) is 5.02 Å². The summed E-state index contributed by atoms with van der Waals surface area (Å²) in [4.78, 5) is 13.9. The van der Waals surface area contributed by atoms with Crippen LogP contribution < -0.4 is 10.6 Å². The summed E-state index contributed by atoms with van der Waals surface area (Å²) in [5.74, 6) is 0. The van der Waals surface area contributed by atoms with Gasteiger partial charge in [-0.2, -0.15) is 0 Å². The van der Waals surface area contributed by atoms with Crippen LogP contribution in [-0.2, 0) is 0 Å². The van der Waals surface area contributed by atoms with E-state index in [0.717, 1.165) is 43.9 Å². The van der Waals surface area contributed by atoms with Crippen LogP contribution in [0.3, 0.4) is 0 Å². The van der Waals surface area contributed by atoms with Gasteiger partial charge >= 0.3 is 6.03 Å². The summed E-state index contributed by atoms with van der Waals surface area (Å²) in [7, 11) is 0. The fourth-order valence-electron chi connectivity index (χ4n) is 1.92. The molecule has 1 saturated heterocycles. The van der Waals surface area contributed by atoms with Crippen molar-refractivity contribution in [2.24, 2.45) is 0 Å². The van der Waals surface area contributed by atoms with Crippen molar-refractivity contribution in [3.05, 3.63) is 28.8 Å². The maximum absolute atomic E-state index is 12.1. The molecule has 0 spiro atoms. The SMILES string of the molecule is Cc1ccc(NC(=O)N2CCCNCC2)cc1Cl. The first-order valence-corrected chi connectivity index (χ1v) is 6.57. The summed E-state index contributed by atoms with van der Waals surface area (Å²) in [6.07, 6.45) is 0.988. The van der Waals surface area contributed by atoms with Crippen molar-refractivity contribution in [1.29, 1.82) is 0 Å². The first kappa shape index (κ1) is 13.2. The number of carbonyl (C=O) groups excluding carboxylic acids is 1. The average Bonchev–Trinajstić information content (AvgIpc) is 2.62. The third-order valence-electron chi connectivity index (χ3n) is 3.05. The Bertz CT molecular complexity index is 428. The molecule has 1 heterocycles. The van der Waals surface area contributed by atoms with Gasteiger partial charge in [0, 0.05) is 30.3 Å². The molecule has 1 aliphatic heterocycles. The highest BCUT2D eigenvalue weighted by atomic mass is 35.5. The van der Waals surface area contributed by atoms with Crippen LogP contribution in [0.15, 0.2) is 18.2 Å². The van der Waals surface area contributed by atoms with Crippen LogP contribution in [-0.4, -0.2) is 37.1 Å². The van der Waals surface area contributed by atoms with Gasteiger partial charge in [-0.15, -0.1) is 0 Å². The monoisotopic (exact) mass is 267 g/mol. The summed E-state index contributed by atoms with van der Waals surface area (Å²) < 4.78 is 0. The minimum Gasteiger partial charge on any atom is -0.323 e. The maximum atomic E-state index is 12.1. The molecule has 0 radical (unpaired) electrons. The Morgan fingerprint density at radius 2 is 2.22 bits per heavy atom. The van der Waals surface area contributed by atoms with Crippen LogP contribution in [0, 0.1) is 6.92 Å². The first-order valence-electron chi connectivity index (χ1n) is 6.19. The van der Waals surface area contributed by atoms with Gasteiger partial charge in [-0.1, -0.05) is 17.7 Å². The number of amides is 2. The molecule has 4 nitrogen and oxygen atoms in total. The van der Waals surface area contributed by atoms with Gasteiger partial charge in [0.2, 0.25) is 0 Å². The number of nitrogens with one attached hydrogen (secondary N) is 2. The Kier molecular flexibility index (Phi) is 4.44. The molecule has 0 bridgehead atoms. The lowest BCUT2D eigenvalue weighted by Crippen LogP contribution is -2.37. The number of hydrogen-bond acceptors (Lipinski definition) is 2. The summed E-state index contributed by atoms with van der Waals surface area (Å²) >= 11 is 6.03. The number of urea groups is 1. The largest absolute Gasteiger partial charge is 0.323 e. The van der Waals surface area contributed by atoms with E-state index in [4.69, 9.17) is 11.6 Å². The number of hydrogen-bond donors (Lipinski definition) is 2. The molecule has 98 valence electrons. The zero-order valence-corrected chi connectivity index (χ0v) is 11.3. The number of aryl methyl sites for hydroxylation is 1. The molecule has 1 aromatic carbocycles. The van der Waals surface area contributed by atoms with E-state index in [9.17, 15) is 4.79 Å². The van der Waals surface area contributed by atoms with Gasteiger partial charge < -0.3 is 15.5 Å². The third-order valence-corrected chi connectivity index (χ3v) is 3.46. The number of halogens is 1. The van der Waals surface area contributed by atoms with E-state index >= 15 is 0 Å². The Labute approximate surface area is 112 Å². The molecule has 1 aromatic rings. The summed E-state index contributed by atoms with van der Waals surface area (Å²) in [5.41, 5.74) is 1.75. The number of carbonyl (C=O) groups is 1. The Morgan fingerprint density at radius 3 is 3.00 bits per heavy atom. The highest BCUT2D eigenvalue weighted by Gasteiger charge is 2.15. The van der Waals surface area contributed by atoms with E-state index in [1.54, 1.807) is 6.07 Å². The standard InChI is InChI=1S/C13H18ClN3O/c1-10-3-4-11(9-12(10)14)16-13(18)17-7-2-5-15-6-8-17/h3-4,9,15H,2,5-8H2,1H3,(H,16,18). The van der Waals surface area contributed by atoms with Crippen molar-refractivity contribution in [2.45, 2.75) is 13.3 Å². The first-order chi connectivity index (χ1) is 8.66. The lowest BCUT2D eigenvalue weighted by atomic mass is 10.2. The fraction of sp³-hybridized carbons (Fsp3) is 0.462. The summed E-state index contributed by atoms with van der Waals surface area (Å²) in [6, 6.07) is 5.50. The van der Waals surface area contributed by atoms with Crippen LogP contribution in [0.5, 0.6) is 0 Å². The van der Waals surface area contributed by atoms with Gasteiger partial charge in [-0.05, 0) is 37.6 Å². The lowest BCUT2D eigenvalue weighted by Gasteiger charge is -2.20. The van der Waals surface area contributed by atoms with Gasteiger partial charge in [0.25, 0.3) is 0 Å². The second-order valence-corrected chi connectivity index (χ2v) is 4.89. The quantitative estimate of drug-likeness (QED) is 0.821. The number of anilines is 1. The van der Waals surface area contributed by atoms with Crippen molar-refractivity contribution < 1.29 is 4.79 Å². The predicted molar refractivity (Wildman–Crippen MR) is 74.3 cm³/mol. The molecule has 0 aromatic heterocycles. The van der Waals surface area contributed by atoms with Crippen molar-refractivity contribution in [3.8, 4) is 0 Å².